The highest BCUT2D eigenvalue weighted by Crippen LogP contribution is 2.37. The maximum atomic E-state index is 6.01. The second-order valence-electron chi connectivity index (χ2n) is 6.27. The normalized spacial score (nSPS) is 10.8. The number of benzene rings is 2. The molecular formula is C21H29BrN2O2. The van der Waals surface area contributed by atoms with Gasteiger partial charge in [0.15, 0.2) is 11.5 Å². The van der Waals surface area contributed by atoms with Crippen LogP contribution in [-0.2, 0) is 13.2 Å². The number of hydrogen-bond donors (Lipinski definition) is 2. The summed E-state index contributed by atoms with van der Waals surface area (Å²) in [6.45, 7) is 8.57. The van der Waals surface area contributed by atoms with Crippen LogP contribution in [0, 0.1) is 6.92 Å². The Morgan fingerprint density at radius 3 is 2.42 bits per heavy atom. The van der Waals surface area contributed by atoms with Crippen LogP contribution < -0.4 is 20.1 Å². The molecule has 2 rings (SSSR count). The van der Waals surface area contributed by atoms with Gasteiger partial charge in [0.1, 0.15) is 6.61 Å². The zero-order valence-corrected chi connectivity index (χ0v) is 17.5. The summed E-state index contributed by atoms with van der Waals surface area (Å²) in [4.78, 5) is 0. The first-order chi connectivity index (χ1) is 12.6. The van der Waals surface area contributed by atoms with Crippen LogP contribution in [0.2, 0.25) is 0 Å². The summed E-state index contributed by atoms with van der Waals surface area (Å²) in [6.07, 6.45) is 1.11. The molecule has 4 nitrogen and oxygen atoms in total. The van der Waals surface area contributed by atoms with Crippen LogP contribution in [-0.4, -0.2) is 26.7 Å². The molecule has 0 amide bonds. The Morgan fingerprint density at radius 2 is 1.73 bits per heavy atom. The third-order valence-corrected chi connectivity index (χ3v) is 4.67. The second kappa shape index (κ2) is 11.2. The molecule has 0 saturated heterocycles. The predicted octanol–water partition coefficient (Wildman–Crippen LogP) is 4.43. The van der Waals surface area contributed by atoms with Gasteiger partial charge in [0.25, 0.3) is 0 Å². The molecule has 0 aromatic heterocycles. The van der Waals surface area contributed by atoms with Crippen molar-refractivity contribution >= 4 is 15.9 Å². The van der Waals surface area contributed by atoms with Crippen molar-refractivity contribution in [2.24, 2.45) is 0 Å². The first kappa shape index (κ1) is 20.7. The number of aryl methyl sites for hydroxylation is 1. The van der Waals surface area contributed by atoms with E-state index >= 15 is 0 Å². The number of hydrogen-bond acceptors (Lipinski definition) is 4. The molecule has 0 unspecified atom stereocenters. The van der Waals surface area contributed by atoms with Crippen molar-refractivity contribution in [2.45, 2.75) is 33.4 Å². The van der Waals surface area contributed by atoms with Crippen molar-refractivity contribution in [3.63, 3.8) is 0 Å². The summed E-state index contributed by atoms with van der Waals surface area (Å²) in [7, 11) is 1.67. The standard InChI is InChI=1S/C21H29BrN2O2/c1-4-23-10-5-11-24-14-18-12-19(22)21(20(13-18)25-3)26-15-17-8-6-16(2)7-9-17/h6-9,12-13,23-24H,4-5,10-11,14-15H2,1-3H3. The SMILES string of the molecule is CCNCCCNCc1cc(Br)c(OCc2ccc(C)cc2)c(OC)c1. The van der Waals surface area contributed by atoms with Crippen LogP contribution in [0.3, 0.4) is 0 Å². The van der Waals surface area contributed by atoms with Crippen molar-refractivity contribution < 1.29 is 9.47 Å². The lowest BCUT2D eigenvalue weighted by Crippen LogP contribution is -2.21. The van der Waals surface area contributed by atoms with E-state index in [1.165, 1.54) is 11.1 Å². The van der Waals surface area contributed by atoms with Gasteiger partial charge in [0.2, 0.25) is 0 Å². The van der Waals surface area contributed by atoms with Gasteiger partial charge in [-0.05, 0) is 72.2 Å². The highest BCUT2D eigenvalue weighted by molar-refractivity contribution is 9.10. The summed E-state index contributed by atoms with van der Waals surface area (Å²) in [5, 5.41) is 6.79. The van der Waals surface area contributed by atoms with Crippen LogP contribution in [0.15, 0.2) is 40.9 Å². The van der Waals surface area contributed by atoms with Gasteiger partial charge < -0.3 is 20.1 Å². The van der Waals surface area contributed by atoms with E-state index in [1.54, 1.807) is 7.11 Å². The molecule has 0 aliphatic heterocycles. The third-order valence-electron chi connectivity index (χ3n) is 4.08. The van der Waals surface area contributed by atoms with Gasteiger partial charge in [-0.3, -0.25) is 0 Å². The zero-order valence-electron chi connectivity index (χ0n) is 15.9. The van der Waals surface area contributed by atoms with E-state index in [-0.39, 0.29) is 0 Å². The maximum Gasteiger partial charge on any atom is 0.175 e. The fraction of sp³-hybridized carbons (Fsp3) is 0.429. The minimum atomic E-state index is 0.511. The van der Waals surface area contributed by atoms with Gasteiger partial charge in [-0.25, -0.2) is 0 Å². The van der Waals surface area contributed by atoms with Gasteiger partial charge in [0, 0.05) is 6.54 Å². The van der Waals surface area contributed by atoms with Crippen LogP contribution in [0.1, 0.15) is 30.0 Å². The van der Waals surface area contributed by atoms with Crippen LogP contribution in [0.5, 0.6) is 11.5 Å². The molecule has 0 saturated carbocycles. The molecule has 0 aliphatic rings. The van der Waals surface area contributed by atoms with Crippen molar-refractivity contribution in [3.8, 4) is 11.5 Å². The Labute approximate surface area is 165 Å². The molecule has 0 atom stereocenters. The molecule has 0 heterocycles. The van der Waals surface area contributed by atoms with Gasteiger partial charge in [-0.2, -0.15) is 0 Å². The largest absolute Gasteiger partial charge is 0.493 e. The van der Waals surface area contributed by atoms with Crippen LogP contribution in [0.4, 0.5) is 0 Å². The monoisotopic (exact) mass is 420 g/mol. The average Bonchev–Trinajstić information content (AvgIpc) is 2.64. The highest BCUT2D eigenvalue weighted by atomic mass is 79.9. The first-order valence-corrected chi connectivity index (χ1v) is 9.89. The Kier molecular flexibility index (Phi) is 8.95. The van der Waals surface area contributed by atoms with E-state index in [1.807, 2.05) is 6.07 Å². The molecular weight excluding hydrogens is 392 g/mol. The molecule has 0 radical (unpaired) electrons. The van der Waals surface area contributed by atoms with E-state index in [9.17, 15) is 0 Å². The minimum absolute atomic E-state index is 0.511. The maximum absolute atomic E-state index is 6.01. The molecule has 26 heavy (non-hydrogen) atoms. The Hall–Kier alpha value is -1.56. The molecule has 5 heteroatoms. The van der Waals surface area contributed by atoms with Crippen molar-refractivity contribution in [3.05, 3.63) is 57.6 Å². The number of halogens is 1. The molecule has 0 spiro atoms. The highest BCUT2D eigenvalue weighted by Gasteiger charge is 2.12. The molecule has 0 aliphatic carbocycles. The summed E-state index contributed by atoms with van der Waals surface area (Å²) in [6, 6.07) is 12.5. The quantitative estimate of drug-likeness (QED) is 0.527. The van der Waals surface area contributed by atoms with E-state index in [4.69, 9.17) is 9.47 Å². The van der Waals surface area contributed by atoms with Gasteiger partial charge in [-0.1, -0.05) is 36.8 Å². The predicted molar refractivity (Wildman–Crippen MR) is 111 cm³/mol. The summed E-state index contributed by atoms with van der Waals surface area (Å²) in [5.74, 6) is 1.49. The lowest BCUT2D eigenvalue weighted by Gasteiger charge is -2.15. The molecule has 2 N–H and O–H groups in total. The second-order valence-corrected chi connectivity index (χ2v) is 7.12. The van der Waals surface area contributed by atoms with Crippen molar-refractivity contribution in [1.82, 2.24) is 10.6 Å². The smallest absolute Gasteiger partial charge is 0.175 e. The van der Waals surface area contributed by atoms with E-state index < -0.39 is 0 Å². The fourth-order valence-electron chi connectivity index (χ4n) is 2.60. The first-order valence-electron chi connectivity index (χ1n) is 9.10. The van der Waals surface area contributed by atoms with Gasteiger partial charge >= 0.3 is 0 Å². The number of ether oxygens (including phenoxy) is 2. The molecule has 2 aromatic rings. The number of methoxy groups -OCH3 is 1. The summed E-state index contributed by atoms with van der Waals surface area (Å²) in [5.41, 5.74) is 3.55. The Morgan fingerprint density at radius 1 is 1.00 bits per heavy atom. The molecule has 0 bridgehead atoms. The molecule has 2 aromatic carbocycles. The lowest BCUT2D eigenvalue weighted by molar-refractivity contribution is 0.282. The van der Waals surface area contributed by atoms with E-state index in [0.717, 1.165) is 54.1 Å². The topological polar surface area (TPSA) is 42.5 Å². The lowest BCUT2D eigenvalue weighted by atomic mass is 10.1. The van der Waals surface area contributed by atoms with Crippen LogP contribution in [0.25, 0.3) is 0 Å². The average molecular weight is 421 g/mol. The van der Waals surface area contributed by atoms with Crippen molar-refractivity contribution in [1.29, 1.82) is 0 Å². The Bertz CT molecular complexity index is 674. The molecule has 0 fully saturated rings. The van der Waals surface area contributed by atoms with E-state index in [2.05, 4.69) is 70.7 Å². The minimum Gasteiger partial charge on any atom is -0.493 e. The molecule has 142 valence electrons. The van der Waals surface area contributed by atoms with Crippen LogP contribution >= 0.6 is 15.9 Å². The number of nitrogens with one attached hydrogen (secondary N) is 2. The summed E-state index contributed by atoms with van der Waals surface area (Å²) < 4.78 is 12.5. The summed E-state index contributed by atoms with van der Waals surface area (Å²) >= 11 is 3.62. The number of rotatable bonds is 11. The van der Waals surface area contributed by atoms with Gasteiger partial charge in [-0.15, -0.1) is 0 Å². The fourth-order valence-corrected chi connectivity index (χ4v) is 3.21. The van der Waals surface area contributed by atoms with E-state index in [0.29, 0.717) is 6.61 Å². The van der Waals surface area contributed by atoms with Crippen molar-refractivity contribution in [2.75, 3.05) is 26.7 Å². The zero-order chi connectivity index (χ0) is 18.8. The Balaban J connectivity index is 1.94. The third kappa shape index (κ3) is 6.63. The van der Waals surface area contributed by atoms with Gasteiger partial charge in [0.05, 0.1) is 11.6 Å².